The van der Waals surface area contributed by atoms with E-state index in [4.69, 9.17) is 23.6 Å². The summed E-state index contributed by atoms with van der Waals surface area (Å²) in [6.45, 7) is 5.65. The molecule has 0 radical (unpaired) electrons. The first-order chi connectivity index (χ1) is 31.8. The average Bonchev–Trinajstić information content (AvgIpc) is 4.07. The lowest BCUT2D eigenvalue weighted by atomic mass is 9.79. The van der Waals surface area contributed by atoms with Crippen LogP contribution in [-0.4, -0.2) is 68.5 Å². The van der Waals surface area contributed by atoms with Crippen molar-refractivity contribution in [2.75, 3.05) is 26.3 Å². The van der Waals surface area contributed by atoms with Gasteiger partial charge in [0.15, 0.2) is 5.41 Å². The highest BCUT2D eigenvalue weighted by Crippen LogP contribution is 2.37. The minimum atomic E-state index is -1.28. The molecule has 0 unspecified atom stereocenters. The molecule has 3 heterocycles. The quantitative estimate of drug-likeness (QED) is 0.0867. The smallest absolute Gasteiger partial charge is 0.324 e. The van der Waals surface area contributed by atoms with Gasteiger partial charge in [-0.1, -0.05) is 122 Å². The highest BCUT2D eigenvalue weighted by atomic mass is 16.6. The Labute approximate surface area is 381 Å². The van der Waals surface area contributed by atoms with E-state index in [0.717, 1.165) is 39.9 Å². The number of likely N-dealkylation sites (tertiary alicyclic amines) is 1. The van der Waals surface area contributed by atoms with Crippen molar-refractivity contribution in [2.24, 2.45) is 5.41 Å². The van der Waals surface area contributed by atoms with Crippen LogP contribution in [0.2, 0.25) is 0 Å². The third kappa shape index (κ3) is 11.1. The molecule has 340 valence electrons. The zero-order valence-electron chi connectivity index (χ0n) is 37.8. The fourth-order valence-corrected chi connectivity index (χ4v) is 9.59. The van der Waals surface area contributed by atoms with Gasteiger partial charge in [0.2, 0.25) is 11.6 Å². The molecule has 12 heteroatoms. The normalized spacial score (nSPS) is 16.9. The number of ether oxygens (including phenoxy) is 2. The summed E-state index contributed by atoms with van der Waals surface area (Å²) in [4.78, 5) is 37.0. The zero-order valence-corrected chi connectivity index (χ0v) is 37.8. The maximum Gasteiger partial charge on any atom is 0.324 e. The van der Waals surface area contributed by atoms with E-state index in [0.29, 0.717) is 54.7 Å². The van der Waals surface area contributed by atoms with Gasteiger partial charge in [0.25, 0.3) is 11.8 Å². The van der Waals surface area contributed by atoms with E-state index in [-0.39, 0.29) is 26.4 Å². The summed E-state index contributed by atoms with van der Waals surface area (Å²) in [6, 6.07) is 32.6. The van der Waals surface area contributed by atoms with Crippen LogP contribution in [0.1, 0.15) is 125 Å². The molecule has 3 aliphatic rings. The highest BCUT2D eigenvalue weighted by molar-refractivity contribution is 6.00. The first-order valence-corrected chi connectivity index (χ1v) is 23.6. The summed E-state index contributed by atoms with van der Waals surface area (Å²) < 4.78 is 21.6. The van der Waals surface area contributed by atoms with Gasteiger partial charge in [-0.3, -0.25) is 14.5 Å². The molecule has 65 heavy (non-hydrogen) atoms. The van der Waals surface area contributed by atoms with Gasteiger partial charge in [-0.25, -0.2) is 0 Å². The van der Waals surface area contributed by atoms with Crippen molar-refractivity contribution in [2.45, 2.75) is 116 Å². The molecule has 4 aromatic carbocycles. The standard InChI is InChI=1S/C32H39N3O5.C21H22N2O2/c1-3-38-30(36)32(31(37)39-4-2)19-8-20-35(22-32)21-23-11-13-26(14-12-23)28-33-29(40-34-28)27-17-15-25(16-18-27)24-9-6-5-7-10-24;24-14-15-6-8-18(9-7-15)20-22-21(25-23-20)19-12-10-17(11-13-19)16-4-2-1-3-5-16/h11-18,24H,3-10,19-22H2,1-2H3;6-13,16,24H,1-5,14H2. The van der Waals surface area contributed by atoms with Crippen LogP contribution in [-0.2, 0) is 32.2 Å². The van der Waals surface area contributed by atoms with Crippen LogP contribution in [0.3, 0.4) is 0 Å². The lowest BCUT2D eigenvalue weighted by Crippen LogP contribution is -2.53. The Kier molecular flexibility index (Phi) is 15.3. The van der Waals surface area contributed by atoms with E-state index in [9.17, 15) is 9.59 Å². The monoisotopic (exact) mass is 879 g/mol. The molecule has 6 aromatic rings. The SMILES string of the molecule is CCOC(=O)C1(C(=O)OCC)CCCN(Cc2ccc(-c3noc(-c4ccc(C5CCCCC5)cc4)n3)cc2)C1.OCc1ccc(-c2noc(-c3ccc(C4CCCCC4)cc3)n2)cc1. The topological polar surface area (TPSA) is 154 Å². The van der Waals surface area contributed by atoms with Crippen LogP contribution in [0.4, 0.5) is 0 Å². The number of hydrogen-bond donors (Lipinski definition) is 1. The number of nitrogens with zero attached hydrogens (tertiary/aromatic N) is 5. The van der Waals surface area contributed by atoms with Crippen molar-refractivity contribution in [3.05, 3.63) is 119 Å². The van der Waals surface area contributed by atoms with Crippen molar-refractivity contribution >= 4 is 11.9 Å². The fourth-order valence-electron chi connectivity index (χ4n) is 9.59. The summed E-state index contributed by atoms with van der Waals surface area (Å²) in [5, 5.41) is 17.4. The number of benzene rings is 4. The highest BCUT2D eigenvalue weighted by Gasteiger charge is 2.51. The molecule has 0 atom stereocenters. The van der Waals surface area contributed by atoms with Crippen molar-refractivity contribution in [3.63, 3.8) is 0 Å². The van der Waals surface area contributed by atoms with Crippen LogP contribution in [0.25, 0.3) is 45.7 Å². The van der Waals surface area contributed by atoms with E-state index in [1.165, 1.54) is 75.3 Å². The Morgan fingerprint density at radius 3 is 1.46 bits per heavy atom. The second-order valence-corrected chi connectivity index (χ2v) is 17.6. The van der Waals surface area contributed by atoms with Crippen LogP contribution < -0.4 is 0 Å². The summed E-state index contributed by atoms with van der Waals surface area (Å²) in [6.07, 6.45) is 14.3. The molecule has 0 spiro atoms. The van der Waals surface area contributed by atoms with Gasteiger partial charge in [-0.2, -0.15) is 9.97 Å². The molecular formula is C53H61N5O7. The van der Waals surface area contributed by atoms with Gasteiger partial charge in [0.1, 0.15) is 0 Å². The second-order valence-electron chi connectivity index (χ2n) is 17.6. The first kappa shape index (κ1) is 45.6. The molecular weight excluding hydrogens is 819 g/mol. The molecule has 3 fully saturated rings. The van der Waals surface area contributed by atoms with Crippen LogP contribution in [0.15, 0.2) is 106 Å². The van der Waals surface area contributed by atoms with Crippen molar-refractivity contribution in [1.29, 1.82) is 0 Å². The van der Waals surface area contributed by atoms with Gasteiger partial charge >= 0.3 is 11.9 Å². The number of carbonyl (C=O) groups excluding carboxylic acids is 2. The number of carbonyl (C=O) groups is 2. The third-order valence-corrected chi connectivity index (χ3v) is 13.2. The van der Waals surface area contributed by atoms with E-state index in [1.807, 2.05) is 48.5 Å². The van der Waals surface area contributed by atoms with Gasteiger partial charge < -0.3 is 23.6 Å². The third-order valence-electron chi connectivity index (χ3n) is 13.2. The molecule has 2 aromatic heterocycles. The molecule has 9 rings (SSSR count). The maximum atomic E-state index is 12.9. The van der Waals surface area contributed by atoms with Crippen molar-refractivity contribution < 1.29 is 33.2 Å². The maximum absolute atomic E-state index is 12.9. The van der Waals surface area contributed by atoms with E-state index in [1.54, 1.807) is 13.8 Å². The summed E-state index contributed by atoms with van der Waals surface area (Å²) in [5.41, 5.74) is 7.09. The second kappa shape index (κ2) is 21.8. The Morgan fingerprint density at radius 1 is 0.600 bits per heavy atom. The largest absolute Gasteiger partial charge is 0.465 e. The summed E-state index contributed by atoms with van der Waals surface area (Å²) >= 11 is 0. The zero-order chi connectivity index (χ0) is 45.0. The van der Waals surface area contributed by atoms with Gasteiger partial charge in [0.05, 0.1) is 19.8 Å². The molecule has 0 amide bonds. The van der Waals surface area contributed by atoms with Gasteiger partial charge in [0, 0.05) is 35.3 Å². The van der Waals surface area contributed by atoms with Crippen molar-refractivity contribution in [3.8, 4) is 45.7 Å². The number of rotatable bonds is 13. The number of esters is 2. The molecule has 1 saturated heterocycles. The lowest BCUT2D eigenvalue weighted by molar-refractivity contribution is -0.176. The first-order valence-electron chi connectivity index (χ1n) is 23.6. The number of aromatic nitrogens is 4. The molecule has 2 saturated carbocycles. The Balaban J connectivity index is 0.000000197. The molecule has 1 N–H and O–H groups in total. The Bertz CT molecular complexity index is 2410. The van der Waals surface area contributed by atoms with Crippen molar-refractivity contribution in [1.82, 2.24) is 25.2 Å². The van der Waals surface area contributed by atoms with Crippen LogP contribution in [0.5, 0.6) is 0 Å². The predicted molar refractivity (Wildman–Crippen MR) is 248 cm³/mol. The number of hydrogen-bond acceptors (Lipinski definition) is 12. The lowest BCUT2D eigenvalue weighted by Gasteiger charge is -2.39. The van der Waals surface area contributed by atoms with E-state index < -0.39 is 17.4 Å². The fraction of sp³-hybridized carbons (Fsp3) is 0.434. The number of aliphatic hydroxyl groups excluding tert-OH is 1. The Hall–Kier alpha value is -5.98. The minimum Gasteiger partial charge on any atom is -0.465 e. The van der Waals surface area contributed by atoms with Crippen LogP contribution in [0, 0.1) is 5.41 Å². The minimum absolute atomic E-state index is 0.0329. The summed E-state index contributed by atoms with van der Waals surface area (Å²) in [5.74, 6) is 2.53. The van der Waals surface area contributed by atoms with E-state index in [2.05, 4.69) is 73.7 Å². The van der Waals surface area contributed by atoms with Gasteiger partial charge in [-0.05, 0) is 117 Å². The number of aliphatic hydroxyl groups is 1. The van der Waals surface area contributed by atoms with Gasteiger partial charge in [-0.15, -0.1) is 0 Å². The van der Waals surface area contributed by atoms with E-state index >= 15 is 0 Å². The van der Waals surface area contributed by atoms with Crippen LogP contribution >= 0.6 is 0 Å². The molecule has 2 aliphatic carbocycles. The molecule has 0 bridgehead atoms. The average molecular weight is 880 g/mol. The summed E-state index contributed by atoms with van der Waals surface area (Å²) in [7, 11) is 0. The number of piperidine rings is 1. The Morgan fingerprint density at radius 2 is 1.03 bits per heavy atom. The molecule has 12 nitrogen and oxygen atoms in total. The molecule has 1 aliphatic heterocycles. The predicted octanol–water partition coefficient (Wildman–Crippen LogP) is 11.1.